The molecule has 1 aromatic heterocycles. The summed E-state index contributed by atoms with van der Waals surface area (Å²) in [6.07, 6.45) is 1.94. The van der Waals surface area contributed by atoms with E-state index in [9.17, 15) is 9.59 Å². The molecule has 134 valence electrons. The Balaban J connectivity index is 1.86. The minimum atomic E-state index is -0.520. The van der Waals surface area contributed by atoms with Gasteiger partial charge in [0, 0.05) is 26.4 Å². The smallest absolute Gasteiger partial charge is 0.342 e. The molecule has 0 atom stereocenters. The molecule has 5 nitrogen and oxygen atoms in total. The summed E-state index contributed by atoms with van der Waals surface area (Å²) >= 11 is 4.89. The Morgan fingerprint density at radius 2 is 2.00 bits per heavy atom. The molecule has 2 aromatic carbocycles. The molecule has 0 saturated carbocycles. The maximum Gasteiger partial charge on any atom is 0.342 e. The summed E-state index contributed by atoms with van der Waals surface area (Å²) in [7, 11) is 1.50. The molecule has 0 fully saturated rings. The third kappa shape index (κ3) is 3.94. The van der Waals surface area contributed by atoms with Crippen LogP contribution in [0.4, 0.5) is 0 Å². The van der Waals surface area contributed by atoms with Crippen LogP contribution >= 0.6 is 27.7 Å². The summed E-state index contributed by atoms with van der Waals surface area (Å²) in [5.74, 6) is -0.0729. The number of hydrogen-bond donors (Lipinski definition) is 0. The van der Waals surface area contributed by atoms with Crippen molar-refractivity contribution in [3.63, 3.8) is 0 Å². The van der Waals surface area contributed by atoms with Crippen molar-refractivity contribution >= 4 is 44.6 Å². The fourth-order valence-electron chi connectivity index (χ4n) is 2.51. The minimum absolute atomic E-state index is 0.0456. The van der Waals surface area contributed by atoms with E-state index in [4.69, 9.17) is 13.9 Å². The van der Waals surface area contributed by atoms with Gasteiger partial charge < -0.3 is 13.9 Å². The first-order valence-electron chi connectivity index (χ1n) is 7.63. The molecule has 0 bridgehead atoms. The van der Waals surface area contributed by atoms with Gasteiger partial charge in [-0.15, -0.1) is 11.8 Å². The molecule has 0 aliphatic carbocycles. The Kier molecular flexibility index (Phi) is 5.68. The van der Waals surface area contributed by atoms with Crippen LogP contribution < -0.4 is 10.4 Å². The maximum atomic E-state index is 12.5. The number of carbonyl (C=O) groups excluding carboxylic acids is 1. The lowest BCUT2D eigenvalue weighted by atomic mass is 10.1. The molecule has 0 amide bonds. The first-order valence-corrected chi connectivity index (χ1v) is 9.65. The van der Waals surface area contributed by atoms with Crippen molar-refractivity contribution < 1.29 is 18.7 Å². The van der Waals surface area contributed by atoms with Gasteiger partial charge in [0.25, 0.3) is 0 Å². The number of halogens is 1. The Morgan fingerprint density at radius 1 is 1.19 bits per heavy atom. The van der Waals surface area contributed by atoms with Crippen molar-refractivity contribution in [1.29, 1.82) is 0 Å². The molecule has 0 unspecified atom stereocenters. The Morgan fingerprint density at radius 3 is 2.73 bits per heavy atom. The van der Waals surface area contributed by atoms with Gasteiger partial charge in [0.05, 0.1) is 7.11 Å². The van der Waals surface area contributed by atoms with Gasteiger partial charge in [0.1, 0.15) is 23.5 Å². The maximum absolute atomic E-state index is 12.5. The molecular weight excluding hydrogens is 420 g/mol. The van der Waals surface area contributed by atoms with Crippen LogP contribution in [0.15, 0.2) is 61.0 Å². The van der Waals surface area contributed by atoms with Gasteiger partial charge in [-0.05, 0) is 42.7 Å². The predicted molar refractivity (Wildman–Crippen MR) is 104 cm³/mol. The minimum Gasteiger partial charge on any atom is -0.496 e. The Bertz CT molecular complexity index is 1030. The SMILES string of the molecule is COc1cc(SC)ccc1C(=O)OCc1cc(=O)oc2cc(Br)ccc12. The van der Waals surface area contributed by atoms with E-state index in [1.54, 1.807) is 36.0 Å². The van der Waals surface area contributed by atoms with Crippen LogP contribution in [0.25, 0.3) is 11.0 Å². The predicted octanol–water partition coefficient (Wildman–Crippen LogP) is 4.64. The number of rotatable bonds is 5. The monoisotopic (exact) mass is 434 g/mol. The quantitative estimate of drug-likeness (QED) is 0.331. The third-order valence-corrected chi connectivity index (χ3v) is 5.00. The van der Waals surface area contributed by atoms with Gasteiger partial charge in [-0.2, -0.15) is 0 Å². The van der Waals surface area contributed by atoms with Gasteiger partial charge in [0.2, 0.25) is 0 Å². The van der Waals surface area contributed by atoms with Crippen LogP contribution in [0.1, 0.15) is 15.9 Å². The van der Waals surface area contributed by atoms with Gasteiger partial charge in [-0.25, -0.2) is 9.59 Å². The van der Waals surface area contributed by atoms with Gasteiger partial charge in [-0.3, -0.25) is 0 Å². The number of methoxy groups -OCH3 is 1. The molecule has 0 radical (unpaired) electrons. The van der Waals surface area contributed by atoms with Crippen molar-refractivity contribution in [2.45, 2.75) is 11.5 Å². The van der Waals surface area contributed by atoms with Gasteiger partial charge in [-0.1, -0.05) is 15.9 Å². The molecule has 3 rings (SSSR count). The standard InChI is InChI=1S/C19H15BrO5S/c1-23-16-9-13(26-2)4-6-15(16)19(22)24-10-11-7-18(21)25-17-8-12(20)3-5-14(11)17/h3-9H,10H2,1-2H3. The molecule has 1 heterocycles. The van der Waals surface area contributed by atoms with E-state index in [0.29, 0.717) is 27.8 Å². The van der Waals surface area contributed by atoms with E-state index in [2.05, 4.69) is 15.9 Å². The number of thioether (sulfide) groups is 1. The second-order valence-corrected chi connectivity index (χ2v) is 7.17. The third-order valence-electron chi connectivity index (χ3n) is 3.78. The Labute approximate surface area is 162 Å². The van der Waals surface area contributed by atoms with Crippen molar-refractivity contribution in [2.75, 3.05) is 13.4 Å². The molecule has 0 saturated heterocycles. The zero-order valence-corrected chi connectivity index (χ0v) is 16.5. The average molecular weight is 435 g/mol. The van der Waals surface area contributed by atoms with E-state index >= 15 is 0 Å². The van der Waals surface area contributed by atoms with Crippen LogP contribution in [0.3, 0.4) is 0 Å². The molecule has 0 spiro atoms. The van der Waals surface area contributed by atoms with E-state index in [-0.39, 0.29) is 6.61 Å². The summed E-state index contributed by atoms with van der Waals surface area (Å²) in [6, 6.07) is 11.9. The highest BCUT2D eigenvalue weighted by Crippen LogP contribution is 2.27. The molecule has 7 heteroatoms. The van der Waals surface area contributed by atoms with Crippen LogP contribution in [0.2, 0.25) is 0 Å². The summed E-state index contributed by atoms with van der Waals surface area (Å²) in [4.78, 5) is 25.2. The number of fused-ring (bicyclic) bond motifs is 1. The number of esters is 1. The first kappa shape index (κ1) is 18.5. The second kappa shape index (κ2) is 7.97. The molecule has 0 N–H and O–H groups in total. The highest BCUT2D eigenvalue weighted by atomic mass is 79.9. The fourth-order valence-corrected chi connectivity index (χ4v) is 3.28. The normalized spacial score (nSPS) is 10.7. The number of hydrogen-bond acceptors (Lipinski definition) is 6. The Hall–Kier alpha value is -2.25. The number of ether oxygens (including phenoxy) is 2. The lowest BCUT2D eigenvalue weighted by Gasteiger charge is -2.11. The molecule has 0 aliphatic rings. The summed E-state index contributed by atoms with van der Waals surface area (Å²) in [5.41, 5.74) is 0.848. The van der Waals surface area contributed by atoms with E-state index in [0.717, 1.165) is 9.37 Å². The van der Waals surface area contributed by atoms with Gasteiger partial charge >= 0.3 is 11.6 Å². The zero-order valence-electron chi connectivity index (χ0n) is 14.1. The molecule has 3 aromatic rings. The first-order chi connectivity index (χ1) is 12.5. The van der Waals surface area contributed by atoms with E-state index < -0.39 is 11.6 Å². The average Bonchev–Trinajstić information content (AvgIpc) is 2.64. The van der Waals surface area contributed by atoms with Gasteiger partial charge in [0.15, 0.2) is 0 Å². The lowest BCUT2D eigenvalue weighted by molar-refractivity contribution is 0.0470. The van der Waals surface area contributed by atoms with Crippen molar-refractivity contribution in [3.05, 3.63) is 68.5 Å². The molecule has 0 aliphatic heterocycles. The molecule has 26 heavy (non-hydrogen) atoms. The zero-order chi connectivity index (χ0) is 18.7. The van der Waals surface area contributed by atoms with Crippen LogP contribution in [-0.2, 0) is 11.3 Å². The van der Waals surface area contributed by atoms with Crippen LogP contribution in [-0.4, -0.2) is 19.3 Å². The largest absolute Gasteiger partial charge is 0.496 e. The number of carbonyl (C=O) groups is 1. The van der Waals surface area contributed by atoms with Crippen LogP contribution in [0.5, 0.6) is 5.75 Å². The highest BCUT2D eigenvalue weighted by molar-refractivity contribution is 9.10. The number of benzene rings is 2. The van der Waals surface area contributed by atoms with Crippen molar-refractivity contribution in [2.24, 2.45) is 0 Å². The summed E-state index contributed by atoms with van der Waals surface area (Å²) in [5, 5.41) is 0.713. The van der Waals surface area contributed by atoms with E-state index in [1.807, 2.05) is 18.4 Å². The van der Waals surface area contributed by atoms with E-state index in [1.165, 1.54) is 13.2 Å². The van der Waals surface area contributed by atoms with Crippen molar-refractivity contribution in [3.8, 4) is 5.75 Å². The van der Waals surface area contributed by atoms with Crippen molar-refractivity contribution in [1.82, 2.24) is 0 Å². The summed E-state index contributed by atoms with van der Waals surface area (Å²) in [6.45, 7) is -0.0456. The molecular formula is C19H15BrO5S. The topological polar surface area (TPSA) is 65.7 Å². The second-order valence-electron chi connectivity index (χ2n) is 5.37. The highest BCUT2D eigenvalue weighted by Gasteiger charge is 2.16. The fraction of sp³-hybridized carbons (Fsp3) is 0.158. The van der Waals surface area contributed by atoms with Crippen LogP contribution in [0, 0.1) is 0 Å². The summed E-state index contributed by atoms with van der Waals surface area (Å²) < 4.78 is 16.7. The lowest BCUT2D eigenvalue weighted by Crippen LogP contribution is -2.09.